The molecule has 0 radical (unpaired) electrons. The van der Waals surface area contributed by atoms with Gasteiger partial charge in [0.25, 0.3) is 0 Å². The van der Waals surface area contributed by atoms with E-state index >= 15 is 0 Å². The van der Waals surface area contributed by atoms with E-state index in [1.54, 1.807) is 14.2 Å². The Morgan fingerprint density at radius 3 is 2.62 bits per heavy atom. The molecule has 32 heavy (non-hydrogen) atoms. The average molecular weight is 437 g/mol. The van der Waals surface area contributed by atoms with Crippen LogP contribution in [0.1, 0.15) is 43.9 Å². The lowest BCUT2D eigenvalue weighted by atomic mass is 9.61. The lowest BCUT2D eigenvalue weighted by Crippen LogP contribution is -2.53. The van der Waals surface area contributed by atoms with Gasteiger partial charge in [0.1, 0.15) is 11.4 Å². The molecule has 5 heteroatoms. The topological polar surface area (TPSA) is 57.2 Å². The second-order valence-electron chi connectivity index (χ2n) is 9.35. The van der Waals surface area contributed by atoms with Crippen molar-refractivity contribution < 1.29 is 24.1 Å². The Bertz CT molecular complexity index is 1050. The first-order valence-corrected chi connectivity index (χ1v) is 11.0. The van der Waals surface area contributed by atoms with E-state index < -0.39 is 0 Å². The Labute approximate surface area is 190 Å². The van der Waals surface area contributed by atoms with Gasteiger partial charge in [-0.15, -0.1) is 0 Å². The second-order valence-corrected chi connectivity index (χ2v) is 9.35. The minimum atomic E-state index is -0.379. The summed E-state index contributed by atoms with van der Waals surface area (Å²) in [5.41, 5.74) is 2.43. The highest BCUT2D eigenvalue weighted by Crippen LogP contribution is 2.54. The van der Waals surface area contributed by atoms with E-state index in [2.05, 4.69) is 32.9 Å². The van der Waals surface area contributed by atoms with Gasteiger partial charge in [0.2, 0.25) is 0 Å². The monoisotopic (exact) mass is 436 g/mol. The summed E-state index contributed by atoms with van der Waals surface area (Å²) >= 11 is 0. The Kier molecular flexibility index (Phi) is 5.95. The Morgan fingerprint density at radius 1 is 1.09 bits per heavy atom. The van der Waals surface area contributed by atoms with Gasteiger partial charge in [-0.05, 0) is 60.4 Å². The predicted molar refractivity (Wildman–Crippen MR) is 126 cm³/mol. The fourth-order valence-corrected chi connectivity index (χ4v) is 4.91. The fourth-order valence-electron chi connectivity index (χ4n) is 4.91. The average Bonchev–Trinajstić information content (AvgIpc) is 2.78. The van der Waals surface area contributed by atoms with Crippen molar-refractivity contribution in [1.29, 1.82) is 0 Å². The highest BCUT2D eigenvalue weighted by Gasteiger charge is 2.52. The number of methoxy groups -OCH3 is 2. The summed E-state index contributed by atoms with van der Waals surface area (Å²) in [6.45, 7) is 6.54. The van der Waals surface area contributed by atoms with Gasteiger partial charge < -0.3 is 24.1 Å². The van der Waals surface area contributed by atoms with Crippen LogP contribution in [0.25, 0.3) is 12.2 Å². The summed E-state index contributed by atoms with van der Waals surface area (Å²) < 4.78 is 22.8. The van der Waals surface area contributed by atoms with E-state index in [1.807, 2.05) is 42.5 Å². The van der Waals surface area contributed by atoms with E-state index in [0.29, 0.717) is 12.2 Å². The SMILES string of the molecule is COCOc1cccc(C=Cc2cc3c(c(OC)c2)OC2(C)CC=C(O)C(C)(C)C2C3)c1. The van der Waals surface area contributed by atoms with Crippen LogP contribution in [-0.2, 0) is 11.2 Å². The molecule has 1 heterocycles. The minimum Gasteiger partial charge on any atom is -0.512 e. The molecule has 1 N–H and O–H groups in total. The molecule has 170 valence electrons. The summed E-state index contributed by atoms with van der Waals surface area (Å²) in [6, 6.07) is 12.0. The zero-order valence-corrected chi connectivity index (χ0v) is 19.5. The molecule has 0 saturated carbocycles. The van der Waals surface area contributed by atoms with Gasteiger partial charge in [-0.3, -0.25) is 0 Å². The van der Waals surface area contributed by atoms with Gasteiger partial charge in [0, 0.05) is 24.9 Å². The molecule has 2 unspecified atom stereocenters. The summed E-state index contributed by atoms with van der Waals surface area (Å²) in [4.78, 5) is 0. The van der Waals surface area contributed by atoms with E-state index in [4.69, 9.17) is 18.9 Å². The van der Waals surface area contributed by atoms with Crippen molar-refractivity contribution >= 4 is 12.2 Å². The van der Waals surface area contributed by atoms with Crippen molar-refractivity contribution in [2.75, 3.05) is 21.0 Å². The maximum atomic E-state index is 10.5. The van der Waals surface area contributed by atoms with Crippen molar-refractivity contribution in [1.82, 2.24) is 0 Å². The van der Waals surface area contributed by atoms with E-state index in [1.165, 1.54) is 0 Å². The third-order valence-electron chi connectivity index (χ3n) is 6.77. The molecule has 0 spiro atoms. The smallest absolute Gasteiger partial charge is 0.188 e. The maximum absolute atomic E-state index is 10.5. The molecule has 4 rings (SSSR count). The van der Waals surface area contributed by atoms with Gasteiger partial charge in [0.05, 0.1) is 12.9 Å². The molecule has 2 aromatic rings. The first-order chi connectivity index (χ1) is 15.3. The zero-order chi connectivity index (χ0) is 22.9. The number of aliphatic hydroxyl groups excluding tert-OH is 1. The lowest BCUT2D eigenvalue weighted by Gasteiger charge is -2.51. The molecule has 2 aliphatic rings. The standard InChI is InChI=1S/C27H32O5/c1-26(2)23-16-20-13-19(10-9-18-7-6-8-21(14-18)31-17-29-4)15-22(30-5)25(20)32-27(23,3)12-11-24(26)28/h6-11,13-15,23,28H,12,16-17H2,1-5H3. The molecule has 2 aromatic carbocycles. The number of aliphatic hydroxyl groups is 1. The van der Waals surface area contributed by atoms with Crippen LogP contribution >= 0.6 is 0 Å². The first kappa shape index (κ1) is 22.3. The van der Waals surface area contributed by atoms with Gasteiger partial charge >= 0.3 is 0 Å². The molecular formula is C27H32O5. The Hall–Kier alpha value is -2.92. The molecule has 1 aliphatic heterocycles. The number of ether oxygens (including phenoxy) is 4. The first-order valence-electron chi connectivity index (χ1n) is 11.0. The summed E-state index contributed by atoms with van der Waals surface area (Å²) in [6.07, 6.45) is 7.51. The third-order valence-corrected chi connectivity index (χ3v) is 6.77. The van der Waals surface area contributed by atoms with Crippen LogP contribution in [0.2, 0.25) is 0 Å². The largest absolute Gasteiger partial charge is 0.512 e. The number of fused-ring (bicyclic) bond motifs is 2. The second kappa shape index (κ2) is 8.55. The molecular weight excluding hydrogens is 404 g/mol. The lowest BCUT2D eigenvalue weighted by molar-refractivity contribution is -0.0566. The minimum absolute atomic E-state index is 0.158. The number of hydrogen-bond acceptors (Lipinski definition) is 5. The number of allylic oxidation sites excluding steroid dienone is 1. The van der Waals surface area contributed by atoms with Crippen LogP contribution in [0, 0.1) is 11.3 Å². The van der Waals surface area contributed by atoms with Crippen molar-refractivity contribution in [2.24, 2.45) is 11.3 Å². The highest BCUT2D eigenvalue weighted by molar-refractivity contribution is 5.72. The molecule has 0 saturated heterocycles. The van der Waals surface area contributed by atoms with Crippen LogP contribution in [0.3, 0.4) is 0 Å². The molecule has 1 aliphatic carbocycles. The maximum Gasteiger partial charge on any atom is 0.188 e. The normalized spacial score (nSPS) is 23.7. The number of hydrogen-bond donors (Lipinski definition) is 1. The van der Waals surface area contributed by atoms with Crippen LogP contribution in [0.15, 0.2) is 48.2 Å². The van der Waals surface area contributed by atoms with Crippen LogP contribution in [0.4, 0.5) is 0 Å². The van der Waals surface area contributed by atoms with Crippen LogP contribution in [-0.4, -0.2) is 31.7 Å². The van der Waals surface area contributed by atoms with Crippen molar-refractivity contribution in [3.63, 3.8) is 0 Å². The van der Waals surface area contributed by atoms with Crippen molar-refractivity contribution in [2.45, 2.75) is 39.2 Å². The number of rotatable bonds is 6. The summed E-state index contributed by atoms with van der Waals surface area (Å²) in [5.74, 6) is 2.91. The Balaban J connectivity index is 1.65. The van der Waals surface area contributed by atoms with Crippen molar-refractivity contribution in [3.8, 4) is 17.2 Å². The summed E-state index contributed by atoms with van der Waals surface area (Å²) in [5, 5.41) is 10.5. The molecule has 0 bridgehead atoms. The van der Waals surface area contributed by atoms with E-state index in [-0.39, 0.29) is 23.7 Å². The van der Waals surface area contributed by atoms with Crippen LogP contribution < -0.4 is 14.2 Å². The van der Waals surface area contributed by atoms with Gasteiger partial charge in [-0.25, -0.2) is 0 Å². The van der Waals surface area contributed by atoms with Gasteiger partial charge in [0.15, 0.2) is 18.3 Å². The van der Waals surface area contributed by atoms with E-state index in [9.17, 15) is 5.11 Å². The fraction of sp³-hybridized carbons (Fsp3) is 0.407. The molecule has 0 amide bonds. The zero-order valence-electron chi connectivity index (χ0n) is 19.5. The quantitative estimate of drug-likeness (QED) is 0.443. The Morgan fingerprint density at radius 2 is 1.88 bits per heavy atom. The van der Waals surface area contributed by atoms with E-state index in [0.717, 1.165) is 40.4 Å². The third kappa shape index (κ3) is 4.09. The molecule has 2 atom stereocenters. The molecule has 0 fully saturated rings. The van der Waals surface area contributed by atoms with Gasteiger partial charge in [-0.2, -0.15) is 0 Å². The summed E-state index contributed by atoms with van der Waals surface area (Å²) in [7, 11) is 3.28. The highest BCUT2D eigenvalue weighted by atomic mass is 16.7. The number of benzene rings is 2. The van der Waals surface area contributed by atoms with Crippen LogP contribution in [0.5, 0.6) is 17.2 Å². The molecule has 0 aromatic heterocycles. The van der Waals surface area contributed by atoms with Crippen molar-refractivity contribution in [3.05, 3.63) is 64.9 Å². The van der Waals surface area contributed by atoms with Gasteiger partial charge in [-0.1, -0.05) is 38.1 Å². The predicted octanol–water partition coefficient (Wildman–Crippen LogP) is 6.03. The molecule has 5 nitrogen and oxygen atoms in total.